The SMILES string of the molecule is O=C(O)[C@@H]1CCCN(C(=O)c2c(F)cccc2F)C1. The first-order valence-electron chi connectivity index (χ1n) is 5.97. The Kier molecular flexibility index (Phi) is 3.78. The molecule has 0 bridgehead atoms. The summed E-state index contributed by atoms with van der Waals surface area (Å²) in [6.45, 7) is 0.304. The predicted octanol–water partition coefficient (Wildman–Crippen LogP) is 1.90. The number of amides is 1. The number of aliphatic carboxylic acids is 1. The molecule has 1 aliphatic heterocycles. The second-order valence-corrected chi connectivity index (χ2v) is 4.53. The lowest BCUT2D eigenvalue weighted by Crippen LogP contribution is -2.42. The van der Waals surface area contributed by atoms with Crippen LogP contribution < -0.4 is 0 Å². The molecule has 1 N–H and O–H groups in total. The number of nitrogens with zero attached hydrogens (tertiary/aromatic N) is 1. The van der Waals surface area contributed by atoms with Crippen LogP contribution in [0.5, 0.6) is 0 Å². The van der Waals surface area contributed by atoms with Gasteiger partial charge in [0.2, 0.25) is 0 Å². The minimum atomic E-state index is -0.994. The molecule has 6 heteroatoms. The van der Waals surface area contributed by atoms with E-state index in [1.54, 1.807) is 0 Å². The van der Waals surface area contributed by atoms with Crippen LogP contribution in [-0.2, 0) is 4.79 Å². The number of benzene rings is 1. The zero-order valence-electron chi connectivity index (χ0n) is 10.1. The third-order valence-corrected chi connectivity index (χ3v) is 3.23. The van der Waals surface area contributed by atoms with Gasteiger partial charge in [-0.1, -0.05) is 6.07 Å². The minimum Gasteiger partial charge on any atom is -0.481 e. The molecule has 0 spiro atoms. The first-order valence-corrected chi connectivity index (χ1v) is 5.97. The van der Waals surface area contributed by atoms with Gasteiger partial charge in [0.05, 0.1) is 5.92 Å². The largest absolute Gasteiger partial charge is 0.481 e. The average Bonchev–Trinajstić information content (AvgIpc) is 2.38. The van der Waals surface area contributed by atoms with Gasteiger partial charge in [-0.3, -0.25) is 9.59 Å². The van der Waals surface area contributed by atoms with E-state index in [4.69, 9.17) is 5.11 Å². The minimum absolute atomic E-state index is 0.0120. The lowest BCUT2D eigenvalue weighted by molar-refractivity contribution is -0.143. The third kappa shape index (κ3) is 2.72. The standard InChI is InChI=1S/C13H13F2NO3/c14-9-4-1-5-10(15)11(9)12(17)16-6-2-3-8(7-16)13(18)19/h1,4-5,8H,2-3,6-7H2,(H,18,19)/t8-/m1/s1. The monoisotopic (exact) mass is 269 g/mol. The number of carboxylic acid groups (broad SMARTS) is 1. The van der Waals surface area contributed by atoms with Crippen LogP contribution in [-0.4, -0.2) is 35.0 Å². The van der Waals surface area contributed by atoms with Crippen LogP contribution in [0.3, 0.4) is 0 Å². The zero-order valence-corrected chi connectivity index (χ0v) is 10.1. The molecule has 4 nitrogen and oxygen atoms in total. The summed E-state index contributed by atoms with van der Waals surface area (Å²) in [7, 11) is 0. The molecule has 1 aromatic rings. The first kappa shape index (κ1) is 13.5. The Morgan fingerprint density at radius 2 is 1.89 bits per heavy atom. The second kappa shape index (κ2) is 5.34. The fourth-order valence-corrected chi connectivity index (χ4v) is 2.22. The summed E-state index contributed by atoms with van der Waals surface area (Å²) >= 11 is 0. The molecule has 1 saturated heterocycles. The van der Waals surface area contributed by atoms with Crippen molar-refractivity contribution < 1.29 is 23.5 Å². The van der Waals surface area contributed by atoms with Crippen LogP contribution in [0, 0.1) is 17.6 Å². The van der Waals surface area contributed by atoms with Gasteiger partial charge in [-0.2, -0.15) is 0 Å². The van der Waals surface area contributed by atoms with Crippen LogP contribution in [0.4, 0.5) is 8.78 Å². The van der Waals surface area contributed by atoms with E-state index >= 15 is 0 Å². The molecule has 0 unspecified atom stereocenters. The molecule has 1 amide bonds. The van der Waals surface area contributed by atoms with Crippen LogP contribution in [0.15, 0.2) is 18.2 Å². The summed E-state index contributed by atoms with van der Waals surface area (Å²) in [6, 6.07) is 3.20. The van der Waals surface area contributed by atoms with E-state index in [9.17, 15) is 18.4 Å². The van der Waals surface area contributed by atoms with Crippen molar-refractivity contribution in [1.82, 2.24) is 4.90 Å². The normalized spacial score (nSPS) is 19.3. The summed E-state index contributed by atoms with van der Waals surface area (Å²) in [5, 5.41) is 8.93. The average molecular weight is 269 g/mol. The van der Waals surface area contributed by atoms with Crippen molar-refractivity contribution in [2.24, 2.45) is 5.92 Å². The van der Waals surface area contributed by atoms with Crippen molar-refractivity contribution in [1.29, 1.82) is 0 Å². The number of carboxylic acids is 1. The smallest absolute Gasteiger partial charge is 0.308 e. The summed E-state index contributed by atoms with van der Waals surface area (Å²) < 4.78 is 27.0. The lowest BCUT2D eigenvalue weighted by atomic mass is 9.97. The molecule has 19 heavy (non-hydrogen) atoms. The molecule has 0 saturated carbocycles. The van der Waals surface area contributed by atoms with Gasteiger partial charge in [0, 0.05) is 13.1 Å². The van der Waals surface area contributed by atoms with Crippen LogP contribution in [0.2, 0.25) is 0 Å². The summed E-state index contributed by atoms with van der Waals surface area (Å²) in [6.07, 6.45) is 0.984. The molecule has 0 aromatic heterocycles. The molecule has 1 aromatic carbocycles. The molecule has 1 atom stereocenters. The maximum Gasteiger partial charge on any atom is 0.308 e. The Labute approximate surface area is 108 Å². The molecule has 0 radical (unpaired) electrons. The number of hydrogen-bond donors (Lipinski definition) is 1. The Bertz CT molecular complexity index is 498. The maximum atomic E-state index is 13.5. The van der Waals surface area contributed by atoms with Gasteiger partial charge in [0.15, 0.2) is 0 Å². The van der Waals surface area contributed by atoms with Crippen molar-refractivity contribution in [3.63, 3.8) is 0 Å². The molecule has 1 fully saturated rings. The molecule has 1 aliphatic rings. The Morgan fingerprint density at radius 1 is 1.26 bits per heavy atom. The van der Waals surface area contributed by atoms with Gasteiger partial charge < -0.3 is 10.0 Å². The van der Waals surface area contributed by atoms with Gasteiger partial charge in [0.1, 0.15) is 17.2 Å². The number of likely N-dealkylation sites (tertiary alicyclic amines) is 1. The van der Waals surface area contributed by atoms with E-state index in [1.165, 1.54) is 11.0 Å². The highest BCUT2D eigenvalue weighted by molar-refractivity contribution is 5.95. The van der Waals surface area contributed by atoms with Crippen LogP contribution in [0.1, 0.15) is 23.2 Å². The van der Waals surface area contributed by atoms with E-state index in [0.29, 0.717) is 19.4 Å². The Hall–Kier alpha value is -1.98. The number of piperidine rings is 1. The molecule has 0 aliphatic carbocycles. The van der Waals surface area contributed by atoms with Crippen molar-refractivity contribution >= 4 is 11.9 Å². The van der Waals surface area contributed by atoms with E-state index in [1.807, 2.05) is 0 Å². The quantitative estimate of drug-likeness (QED) is 0.892. The van der Waals surface area contributed by atoms with Crippen molar-refractivity contribution in [2.45, 2.75) is 12.8 Å². The van der Waals surface area contributed by atoms with Crippen molar-refractivity contribution in [3.8, 4) is 0 Å². The summed E-state index contributed by atoms with van der Waals surface area (Å²) in [4.78, 5) is 24.2. The Morgan fingerprint density at radius 3 is 2.47 bits per heavy atom. The predicted molar refractivity (Wildman–Crippen MR) is 62.6 cm³/mol. The van der Waals surface area contributed by atoms with E-state index in [2.05, 4.69) is 0 Å². The van der Waals surface area contributed by atoms with Crippen LogP contribution >= 0.6 is 0 Å². The summed E-state index contributed by atoms with van der Waals surface area (Å²) in [5.74, 6) is -4.31. The second-order valence-electron chi connectivity index (χ2n) is 4.53. The topological polar surface area (TPSA) is 57.6 Å². The lowest BCUT2D eigenvalue weighted by Gasteiger charge is -2.30. The highest BCUT2D eigenvalue weighted by Gasteiger charge is 2.30. The third-order valence-electron chi connectivity index (χ3n) is 3.23. The van der Waals surface area contributed by atoms with E-state index in [0.717, 1.165) is 12.1 Å². The van der Waals surface area contributed by atoms with Gasteiger partial charge in [-0.15, -0.1) is 0 Å². The number of rotatable bonds is 2. The highest BCUT2D eigenvalue weighted by Crippen LogP contribution is 2.21. The molecule has 102 valence electrons. The first-order chi connectivity index (χ1) is 9.00. The number of halogens is 2. The number of hydrogen-bond acceptors (Lipinski definition) is 2. The van der Waals surface area contributed by atoms with Crippen LogP contribution in [0.25, 0.3) is 0 Å². The molecular formula is C13H13F2NO3. The van der Waals surface area contributed by atoms with Gasteiger partial charge in [0.25, 0.3) is 5.91 Å². The molecular weight excluding hydrogens is 256 g/mol. The summed E-state index contributed by atoms with van der Waals surface area (Å²) in [5.41, 5.74) is -0.617. The highest BCUT2D eigenvalue weighted by atomic mass is 19.1. The zero-order chi connectivity index (χ0) is 14.0. The Balaban J connectivity index is 2.22. The number of carbonyl (C=O) groups is 2. The van der Waals surface area contributed by atoms with Gasteiger partial charge >= 0.3 is 5.97 Å². The fourth-order valence-electron chi connectivity index (χ4n) is 2.22. The molecule has 2 rings (SSSR count). The maximum absolute atomic E-state index is 13.5. The molecule has 1 heterocycles. The van der Waals surface area contributed by atoms with E-state index in [-0.39, 0.29) is 6.54 Å². The van der Waals surface area contributed by atoms with Gasteiger partial charge in [-0.05, 0) is 25.0 Å². The van der Waals surface area contributed by atoms with Gasteiger partial charge in [-0.25, -0.2) is 8.78 Å². The van der Waals surface area contributed by atoms with Crippen molar-refractivity contribution in [3.05, 3.63) is 35.4 Å². The fraction of sp³-hybridized carbons (Fsp3) is 0.385. The van der Waals surface area contributed by atoms with Crippen molar-refractivity contribution in [2.75, 3.05) is 13.1 Å². The number of carbonyl (C=O) groups excluding carboxylic acids is 1. The van der Waals surface area contributed by atoms with E-state index < -0.39 is 35.0 Å².